The molecular formula is C21H21FN4O3S2. The van der Waals surface area contributed by atoms with Crippen LogP contribution in [0.3, 0.4) is 0 Å². The van der Waals surface area contributed by atoms with Crippen LogP contribution in [0, 0.1) is 12.7 Å². The molecule has 1 fully saturated rings. The number of benzene rings is 2. The summed E-state index contributed by atoms with van der Waals surface area (Å²) in [5, 5.41) is 11.8. The second-order valence-electron chi connectivity index (χ2n) is 7.38. The summed E-state index contributed by atoms with van der Waals surface area (Å²) in [7, 11) is -3.84. The molecular weight excluding hydrogens is 439 g/mol. The summed E-state index contributed by atoms with van der Waals surface area (Å²) in [5.41, 5.74) is 1.16. The molecule has 3 aromatic rings. The van der Waals surface area contributed by atoms with E-state index in [1.165, 1.54) is 27.8 Å². The van der Waals surface area contributed by atoms with E-state index < -0.39 is 15.8 Å². The summed E-state index contributed by atoms with van der Waals surface area (Å²) >= 11 is 1.17. The predicted molar refractivity (Wildman–Crippen MR) is 116 cm³/mol. The first-order valence-corrected chi connectivity index (χ1v) is 12.1. The number of anilines is 1. The van der Waals surface area contributed by atoms with Gasteiger partial charge < -0.3 is 5.32 Å². The van der Waals surface area contributed by atoms with E-state index >= 15 is 0 Å². The summed E-state index contributed by atoms with van der Waals surface area (Å²) in [6.07, 6.45) is 1.38. The number of hydrogen-bond acceptors (Lipinski definition) is 6. The van der Waals surface area contributed by atoms with Crippen LogP contribution in [0.5, 0.6) is 0 Å². The van der Waals surface area contributed by atoms with Gasteiger partial charge in [0.25, 0.3) is 5.91 Å². The number of carbonyl (C=O) groups excluding carboxylic acids is 1. The predicted octanol–water partition coefficient (Wildman–Crippen LogP) is 3.81. The molecule has 4 rings (SSSR count). The number of piperidine rings is 1. The zero-order valence-corrected chi connectivity index (χ0v) is 18.4. The van der Waals surface area contributed by atoms with Crippen LogP contribution in [0.1, 0.15) is 39.1 Å². The molecule has 1 saturated heterocycles. The Kier molecular flexibility index (Phi) is 6.12. The molecule has 2 heterocycles. The highest BCUT2D eigenvalue weighted by molar-refractivity contribution is 7.89. The SMILES string of the molecule is Cc1ccc(F)cc1S(=O)(=O)N1CCC[C@@H](c2nnc(C(=O)Nc3ccccc3)s2)C1. The lowest BCUT2D eigenvalue weighted by Gasteiger charge is -2.31. The first kappa shape index (κ1) is 21.5. The van der Waals surface area contributed by atoms with Crippen molar-refractivity contribution in [2.24, 2.45) is 0 Å². The number of nitrogens with zero attached hydrogens (tertiary/aromatic N) is 3. The molecule has 7 nitrogen and oxygen atoms in total. The topological polar surface area (TPSA) is 92.3 Å². The van der Waals surface area contributed by atoms with Crippen molar-refractivity contribution < 1.29 is 17.6 Å². The van der Waals surface area contributed by atoms with Gasteiger partial charge in [0.15, 0.2) is 0 Å². The maximum Gasteiger partial charge on any atom is 0.286 e. The van der Waals surface area contributed by atoms with Gasteiger partial charge in [-0.3, -0.25) is 4.79 Å². The lowest BCUT2D eigenvalue weighted by atomic mass is 10.0. The van der Waals surface area contributed by atoms with Crippen molar-refractivity contribution in [1.82, 2.24) is 14.5 Å². The molecule has 162 valence electrons. The van der Waals surface area contributed by atoms with Gasteiger partial charge in [0.2, 0.25) is 15.0 Å². The molecule has 2 aromatic carbocycles. The Bertz CT molecular complexity index is 1200. The van der Waals surface area contributed by atoms with E-state index in [-0.39, 0.29) is 28.3 Å². The Balaban J connectivity index is 1.50. The van der Waals surface area contributed by atoms with Crippen LogP contribution >= 0.6 is 11.3 Å². The first-order valence-electron chi connectivity index (χ1n) is 9.80. The number of halogens is 1. The lowest BCUT2D eigenvalue weighted by Crippen LogP contribution is -2.39. The molecule has 0 unspecified atom stereocenters. The molecule has 0 spiro atoms. The van der Waals surface area contributed by atoms with Crippen LogP contribution in [-0.2, 0) is 10.0 Å². The standard InChI is InChI=1S/C21H21FN4O3S2/c1-14-9-10-16(22)12-18(14)31(28,29)26-11-5-6-15(13-26)20-24-25-21(30-20)19(27)23-17-7-3-2-4-8-17/h2-4,7-10,12,15H,5-6,11,13H2,1H3,(H,23,27)/t15-/m1/s1. The van der Waals surface area contributed by atoms with Crippen LogP contribution in [-0.4, -0.2) is 41.9 Å². The monoisotopic (exact) mass is 460 g/mol. The van der Waals surface area contributed by atoms with Crippen LogP contribution in [0.25, 0.3) is 0 Å². The van der Waals surface area contributed by atoms with Crippen molar-refractivity contribution in [3.63, 3.8) is 0 Å². The Morgan fingerprint density at radius 2 is 1.97 bits per heavy atom. The van der Waals surface area contributed by atoms with E-state index in [0.717, 1.165) is 12.5 Å². The summed E-state index contributed by atoms with van der Waals surface area (Å²) < 4.78 is 41.3. The zero-order chi connectivity index (χ0) is 22.0. The Labute approximate surface area is 184 Å². The Hall–Kier alpha value is -2.69. The van der Waals surface area contributed by atoms with Crippen molar-refractivity contribution in [2.45, 2.75) is 30.6 Å². The second kappa shape index (κ2) is 8.81. The molecule has 0 saturated carbocycles. The number of amides is 1. The van der Waals surface area contributed by atoms with Gasteiger partial charge in [0.1, 0.15) is 10.8 Å². The minimum absolute atomic E-state index is 0.0201. The van der Waals surface area contributed by atoms with Crippen molar-refractivity contribution in [2.75, 3.05) is 18.4 Å². The molecule has 0 aliphatic carbocycles. The number of para-hydroxylation sites is 1. The minimum atomic E-state index is -3.84. The molecule has 1 amide bonds. The van der Waals surface area contributed by atoms with E-state index in [4.69, 9.17) is 0 Å². The molecule has 1 aliphatic heterocycles. The van der Waals surface area contributed by atoms with Gasteiger partial charge in [0.05, 0.1) is 4.90 Å². The third-order valence-electron chi connectivity index (χ3n) is 5.17. The largest absolute Gasteiger partial charge is 0.320 e. The summed E-state index contributed by atoms with van der Waals surface area (Å²) in [5.74, 6) is -1.12. The molecule has 1 aliphatic rings. The first-order chi connectivity index (χ1) is 14.8. The smallest absolute Gasteiger partial charge is 0.286 e. The fraction of sp³-hybridized carbons (Fsp3) is 0.286. The van der Waals surface area contributed by atoms with E-state index in [2.05, 4.69) is 15.5 Å². The average Bonchev–Trinajstić information content (AvgIpc) is 3.27. The van der Waals surface area contributed by atoms with E-state index in [0.29, 0.717) is 29.2 Å². The highest BCUT2D eigenvalue weighted by Crippen LogP contribution is 2.32. The number of rotatable bonds is 5. The molecule has 0 radical (unpaired) electrons. The molecule has 0 bridgehead atoms. The van der Waals surface area contributed by atoms with Gasteiger partial charge in [-0.2, -0.15) is 4.31 Å². The van der Waals surface area contributed by atoms with Crippen molar-refractivity contribution in [3.05, 3.63) is 69.9 Å². The maximum absolute atomic E-state index is 13.7. The highest BCUT2D eigenvalue weighted by atomic mass is 32.2. The number of carbonyl (C=O) groups is 1. The van der Waals surface area contributed by atoms with E-state index in [1.54, 1.807) is 19.1 Å². The second-order valence-corrected chi connectivity index (χ2v) is 10.3. The number of aryl methyl sites for hydroxylation is 1. The van der Waals surface area contributed by atoms with Crippen LogP contribution in [0.15, 0.2) is 53.4 Å². The average molecular weight is 461 g/mol. The molecule has 1 atom stereocenters. The third kappa shape index (κ3) is 4.65. The third-order valence-corrected chi connectivity index (χ3v) is 8.26. The number of sulfonamides is 1. The van der Waals surface area contributed by atoms with Gasteiger partial charge in [-0.05, 0) is 49.6 Å². The normalized spacial score (nSPS) is 17.4. The van der Waals surface area contributed by atoms with Gasteiger partial charge in [0, 0.05) is 24.7 Å². The van der Waals surface area contributed by atoms with Gasteiger partial charge in [-0.15, -0.1) is 10.2 Å². The molecule has 31 heavy (non-hydrogen) atoms. The summed E-state index contributed by atoms with van der Waals surface area (Å²) in [4.78, 5) is 12.4. The fourth-order valence-corrected chi connectivity index (χ4v) is 6.18. The van der Waals surface area contributed by atoms with E-state index in [9.17, 15) is 17.6 Å². The lowest BCUT2D eigenvalue weighted by molar-refractivity contribution is 0.102. The van der Waals surface area contributed by atoms with Gasteiger partial charge in [-0.1, -0.05) is 35.6 Å². The Morgan fingerprint density at radius 3 is 2.74 bits per heavy atom. The van der Waals surface area contributed by atoms with E-state index in [1.807, 2.05) is 18.2 Å². The highest BCUT2D eigenvalue weighted by Gasteiger charge is 2.33. The maximum atomic E-state index is 13.7. The zero-order valence-electron chi connectivity index (χ0n) is 16.8. The van der Waals surface area contributed by atoms with Gasteiger partial charge in [-0.25, -0.2) is 12.8 Å². The quantitative estimate of drug-likeness (QED) is 0.625. The number of hydrogen-bond donors (Lipinski definition) is 1. The summed E-state index contributed by atoms with van der Waals surface area (Å²) in [6.45, 7) is 2.22. The minimum Gasteiger partial charge on any atom is -0.320 e. The Morgan fingerprint density at radius 1 is 1.19 bits per heavy atom. The number of nitrogens with one attached hydrogen (secondary N) is 1. The van der Waals surface area contributed by atoms with Crippen LogP contribution in [0.4, 0.5) is 10.1 Å². The van der Waals surface area contributed by atoms with Crippen LogP contribution < -0.4 is 5.32 Å². The van der Waals surface area contributed by atoms with Crippen molar-refractivity contribution in [1.29, 1.82) is 0 Å². The van der Waals surface area contributed by atoms with Crippen molar-refractivity contribution in [3.8, 4) is 0 Å². The fourth-order valence-electron chi connectivity index (χ4n) is 3.55. The van der Waals surface area contributed by atoms with Crippen LogP contribution in [0.2, 0.25) is 0 Å². The summed E-state index contributed by atoms with van der Waals surface area (Å²) in [6, 6.07) is 12.8. The van der Waals surface area contributed by atoms with Gasteiger partial charge >= 0.3 is 0 Å². The molecule has 10 heteroatoms. The van der Waals surface area contributed by atoms with Crippen molar-refractivity contribution >= 4 is 33.0 Å². The molecule has 1 aromatic heterocycles. The molecule has 1 N–H and O–H groups in total. The number of aromatic nitrogens is 2.